The normalized spacial score (nSPS) is 16.1. The molecule has 3 aromatic rings. The van der Waals surface area contributed by atoms with E-state index in [2.05, 4.69) is 33.9 Å². The minimum atomic E-state index is -0.0671. The van der Waals surface area contributed by atoms with E-state index in [1.165, 1.54) is 0 Å². The molecule has 4 rings (SSSR count). The zero-order valence-corrected chi connectivity index (χ0v) is 16.4. The molecule has 0 atom stereocenters. The molecule has 0 N–H and O–H groups in total. The van der Waals surface area contributed by atoms with Gasteiger partial charge in [0.2, 0.25) is 0 Å². The van der Waals surface area contributed by atoms with Crippen LogP contribution in [0.15, 0.2) is 46.2 Å². The molecule has 3 aromatic heterocycles. The molecule has 0 amide bonds. The molecule has 1 aliphatic heterocycles. The average Bonchev–Trinajstić information content (AvgIpc) is 3.37. The molecule has 148 valence electrons. The van der Waals surface area contributed by atoms with Gasteiger partial charge in [-0.25, -0.2) is 14.3 Å². The zero-order chi connectivity index (χ0) is 19.5. The number of hydrogen-bond donors (Lipinski definition) is 0. The van der Waals surface area contributed by atoms with Gasteiger partial charge in [-0.15, -0.1) is 5.10 Å². The molecule has 0 aromatic carbocycles. The van der Waals surface area contributed by atoms with Gasteiger partial charge in [-0.1, -0.05) is 13.8 Å². The fraction of sp³-hybridized carbons (Fsp3) is 0.500. The SMILES string of the molecule is CC(C)c1ocnc1CN1CCC(Cn2nc(-n3cccn3)ccc2=O)CC1. The second-order valence-electron chi connectivity index (χ2n) is 7.70. The third-order valence-electron chi connectivity index (χ3n) is 5.30. The van der Waals surface area contributed by atoms with Gasteiger partial charge in [0.1, 0.15) is 5.76 Å². The van der Waals surface area contributed by atoms with Gasteiger partial charge in [0, 0.05) is 37.5 Å². The van der Waals surface area contributed by atoms with Crippen molar-refractivity contribution < 1.29 is 4.42 Å². The molecule has 1 saturated heterocycles. The molecule has 8 nitrogen and oxygen atoms in total. The van der Waals surface area contributed by atoms with Crippen molar-refractivity contribution in [3.63, 3.8) is 0 Å². The molecule has 8 heteroatoms. The molecule has 0 unspecified atom stereocenters. The van der Waals surface area contributed by atoms with Crippen LogP contribution < -0.4 is 5.56 Å². The Morgan fingerprint density at radius 2 is 2.07 bits per heavy atom. The number of oxazole rings is 1. The maximum absolute atomic E-state index is 12.2. The Labute approximate surface area is 163 Å². The smallest absolute Gasteiger partial charge is 0.266 e. The molecule has 0 spiro atoms. The second-order valence-corrected chi connectivity index (χ2v) is 7.70. The lowest BCUT2D eigenvalue weighted by Gasteiger charge is -2.31. The first-order valence-electron chi connectivity index (χ1n) is 9.83. The first kappa shape index (κ1) is 18.6. The summed E-state index contributed by atoms with van der Waals surface area (Å²) in [5.74, 6) is 2.42. The Hall–Kier alpha value is -2.74. The Balaban J connectivity index is 1.36. The van der Waals surface area contributed by atoms with Crippen LogP contribution in [-0.4, -0.2) is 42.5 Å². The van der Waals surface area contributed by atoms with E-state index in [0.29, 0.717) is 24.2 Å². The standard InChI is InChI=1S/C20H26N6O2/c1-15(2)20-17(21-14-28-20)13-24-10-6-16(7-11-24)12-26-19(27)5-4-18(23-26)25-9-3-8-22-25/h3-5,8-9,14-16H,6-7,10-13H2,1-2H3. The van der Waals surface area contributed by atoms with E-state index in [4.69, 9.17) is 4.42 Å². The van der Waals surface area contributed by atoms with Crippen molar-refractivity contribution in [3.8, 4) is 5.82 Å². The van der Waals surface area contributed by atoms with Gasteiger partial charge in [-0.2, -0.15) is 5.10 Å². The van der Waals surface area contributed by atoms with Crippen LogP contribution in [-0.2, 0) is 13.1 Å². The van der Waals surface area contributed by atoms with Crippen LogP contribution in [0.5, 0.6) is 0 Å². The molecular weight excluding hydrogens is 356 g/mol. The fourth-order valence-corrected chi connectivity index (χ4v) is 3.75. The van der Waals surface area contributed by atoms with Crippen molar-refractivity contribution in [1.29, 1.82) is 0 Å². The van der Waals surface area contributed by atoms with E-state index in [1.807, 2.05) is 12.3 Å². The lowest BCUT2D eigenvalue weighted by Crippen LogP contribution is -2.36. The van der Waals surface area contributed by atoms with Crippen molar-refractivity contribution in [2.75, 3.05) is 13.1 Å². The topological polar surface area (TPSA) is 82.0 Å². The molecule has 28 heavy (non-hydrogen) atoms. The fourth-order valence-electron chi connectivity index (χ4n) is 3.75. The summed E-state index contributed by atoms with van der Waals surface area (Å²) in [6.45, 7) is 7.69. The average molecular weight is 382 g/mol. The summed E-state index contributed by atoms with van der Waals surface area (Å²) in [5, 5.41) is 8.68. The van der Waals surface area contributed by atoms with Crippen molar-refractivity contribution >= 4 is 0 Å². The molecule has 0 bridgehead atoms. The van der Waals surface area contributed by atoms with Gasteiger partial charge >= 0.3 is 0 Å². The van der Waals surface area contributed by atoms with Crippen LogP contribution in [0.25, 0.3) is 5.82 Å². The highest BCUT2D eigenvalue weighted by Crippen LogP contribution is 2.23. The van der Waals surface area contributed by atoms with Crippen molar-refractivity contribution in [1.82, 2.24) is 29.4 Å². The van der Waals surface area contributed by atoms with Gasteiger partial charge in [0.05, 0.1) is 5.69 Å². The van der Waals surface area contributed by atoms with Crippen molar-refractivity contribution in [3.05, 3.63) is 58.8 Å². The van der Waals surface area contributed by atoms with E-state index < -0.39 is 0 Å². The summed E-state index contributed by atoms with van der Waals surface area (Å²) in [6.07, 6.45) is 7.14. The number of piperidine rings is 1. The van der Waals surface area contributed by atoms with Crippen LogP contribution in [0.3, 0.4) is 0 Å². The molecule has 4 heterocycles. The second kappa shape index (κ2) is 8.10. The number of hydrogen-bond acceptors (Lipinski definition) is 6. The highest BCUT2D eigenvalue weighted by atomic mass is 16.3. The Kier molecular flexibility index (Phi) is 5.38. The van der Waals surface area contributed by atoms with E-state index in [9.17, 15) is 4.79 Å². The van der Waals surface area contributed by atoms with Crippen LogP contribution in [0.2, 0.25) is 0 Å². The molecule has 1 fully saturated rings. The number of nitrogens with zero attached hydrogens (tertiary/aromatic N) is 6. The van der Waals surface area contributed by atoms with Gasteiger partial charge in [-0.05, 0) is 44.0 Å². The first-order chi connectivity index (χ1) is 13.6. The van der Waals surface area contributed by atoms with Gasteiger partial charge < -0.3 is 4.42 Å². The third-order valence-corrected chi connectivity index (χ3v) is 5.30. The number of likely N-dealkylation sites (tertiary alicyclic amines) is 1. The maximum atomic E-state index is 12.2. The summed E-state index contributed by atoms with van der Waals surface area (Å²) in [6, 6.07) is 5.11. The van der Waals surface area contributed by atoms with E-state index in [0.717, 1.165) is 43.9 Å². The zero-order valence-electron chi connectivity index (χ0n) is 16.4. The summed E-state index contributed by atoms with van der Waals surface area (Å²) in [7, 11) is 0. The predicted octanol–water partition coefficient (Wildman–Crippen LogP) is 2.45. The van der Waals surface area contributed by atoms with E-state index >= 15 is 0 Å². The molecule has 0 radical (unpaired) electrons. The predicted molar refractivity (Wildman–Crippen MR) is 104 cm³/mol. The summed E-state index contributed by atoms with van der Waals surface area (Å²) in [4.78, 5) is 19.0. The minimum Gasteiger partial charge on any atom is -0.448 e. The van der Waals surface area contributed by atoms with Gasteiger partial charge in [-0.3, -0.25) is 9.69 Å². The minimum absolute atomic E-state index is 0.0671. The molecule has 0 aliphatic carbocycles. The third kappa shape index (κ3) is 4.06. The number of rotatable bonds is 6. The largest absolute Gasteiger partial charge is 0.448 e. The lowest BCUT2D eigenvalue weighted by molar-refractivity contribution is 0.161. The highest BCUT2D eigenvalue weighted by Gasteiger charge is 2.23. The van der Waals surface area contributed by atoms with Gasteiger partial charge in [0.15, 0.2) is 12.2 Å². The van der Waals surface area contributed by atoms with E-state index in [-0.39, 0.29) is 5.56 Å². The van der Waals surface area contributed by atoms with Crippen LogP contribution in [0.4, 0.5) is 0 Å². The van der Waals surface area contributed by atoms with Gasteiger partial charge in [0.25, 0.3) is 5.56 Å². The molecular formula is C20H26N6O2. The van der Waals surface area contributed by atoms with Crippen LogP contribution in [0, 0.1) is 5.92 Å². The lowest BCUT2D eigenvalue weighted by atomic mass is 9.96. The molecule has 0 saturated carbocycles. The summed E-state index contributed by atoms with van der Waals surface area (Å²) in [5.41, 5.74) is 0.973. The molecule has 1 aliphatic rings. The van der Waals surface area contributed by atoms with Crippen molar-refractivity contribution in [2.24, 2.45) is 5.92 Å². The van der Waals surface area contributed by atoms with Crippen LogP contribution in [0.1, 0.15) is 44.1 Å². The highest BCUT2D eigenvalue weighted by molar-refractivity contribution is 5.17. The summed E-state index contributed by atoms with van der Waals surface area (Å²) < 4.78 is 8.78. The Morgan fingerprint density at radius 3 is 2.79 bits per heavy atom. The Morgan fingerprint density at radius 1 is 1.25 bits per heavy atom. The van der Waals surface area contributed by atoms with E-state index in [1.54, 1.807) is 34.1 Å². The quantitative estimate of drug-likeness (QED) is 0.651. The van der Waals surface area contributed by atoms with Crippen LogP contribution >= 0.6 is 0 Å². The first-order valence-corrected chi connectivity index (χ1v) is 9.83. The summed E-state index contributed by atoms with van der Waals surface area (Å²) >= 11 is 0. The number of aromatic nitrogens is 5. The monoisotopic (exact) mass is 382 g/mol. The van der Waals surface area contributed by atoms with Crippen molar-refractivity contribution in [2.45, 2.75) is 45.7 Å². The maximum Gasteiger partial charge on any atom is 0.266 e. The Bertz CT molecular complexity index is 951.